The molecule has 0 radical (unpaired) electrons. The van der Waals surface area contributed by atoms with Crippen LogP contribution in [0.5, 0.6) is 0 Å². The molecule has 1 saturated heterocycles. The Bertz CT molecular complexity index is 165. The zero-order chi connectivity index (χ0) is 8.97. The summed E-state index contributed by atoms with van der Waals surface area (Å²) >= 11 is 0. The summed E-state index contributed by atoms with van der Waals surface area (Å²) in [5.74, 6) is -0.842. The maximum atomic E-state index is 10.5. The van der Waals surface area contributed by atoms with Crippen molar-refractivity contribution in [2.24, 2.45) is 5.73 Å². The summed E-state index contributed by atoms with van der Waals surface area (Å²) in [7, 11) is 0. The molecule has 2 atom stereocenters. The lowest BCUT2D eigenvalue weighted by atomic mass is 10.1. The van der Waals surface area contributed by atoms with Crippen molar-refractivity contribution in [2.45, 2.75) is 37.9 Å². The molecule has 0 spiro atoms. The summed E-state index contributed by atoms with van der Waals surface area (Å²) < 4.78 is 5.27. The Kier molecular flexibility index (Phi) is 6.03. The van der Waals surface area contributed by atoms with Gasteiger partial charge in [-0.3, -0.25) is 0 Å². The molecule has 0 saturated carbocycles. The Morgan fingerprint density at radius 3 is 2.69 bits per heavy atom. The summed E-state index contributed by atoms with van der Waals surface area (Å²) in [4.78, 5) is 10.5. The molecule has 1 heterocycles. The lowest BCUT2D eigenvalue weighted by Gasteiger charge is -2.09. The van der Waals surface area contributed by atoms with Crippen LogP contribution in [-0.2, 0) is 9.53 Å². The second kappa shape index (κ2) is 6.18. The molecular weight excluding hydrogens is 194 g/mol. The van der Waals surface area contributed by atoms with E-state index in [1.165, 1.54) is 0 Å². The Morgan fingerprint density at radius 1 is 1.54 bits per heavy atom. The third-order valence-electron chi connectivity index (χ3n) is 2.11. The van der Waals surface area contributed by atoms with Gasteiger partial charge in [-0.2, -0.15) is 0 Å². The first-order valence-electron chi connectivity index (χ1n) is 4.32. The summed E-state index contributed by atoms with van der Waals surface area (Å²) in [6, 6.07) is 0. The van der Waals surface area contributed by atoms with E-state index in [1.807, 2.05) is 0 Å². The van der Waals surface area contributed by atoms with E-state index in [0.29, 0.717) is 13.0 Å². The highest BCUT2D eigenvalue weighted by Gasteiger charge is 2.29. The predicted octanol–water partition coefficient (Wildman–Crippen LogP) is 0.779. The van der Waals surface area contributed by atoms with Crippen molar-refractivity contribution in [3.63, 3.8) is 0 Å². The van der Waals surface area contributed by atoms with Crippen LogP contribution in [0, 0.1) is 0 Å². The molecule has 3 N–H and O–H groups in total. The number of ether oxygens (including phenoxy) is 1. The van der Waals surface area contributed by atoms with Crippen LogP contribution in [-0.4, -0.2) is 29.8 Å². The summed E-state index contributed by atoms with van der Waals surface area (Å²) in [5, 5.41) is 8.61. The number of carboxylic acid groups (broad SMARTS) is 1. The van der Waals surface area contributed by atoms with E-state index in [0.717, 1.165) is 19.3 Å². The number of carboxylic acids is 1. The minimum Gasteiger partial charge on any atom is -0.479 e. The molecular formula is C8H16ClNO3. The van der Waals surface area contributed by atoms with Gasteiger partial charge in [-0.1, -0.05) is 0 Å². The molecule has 0 aromatic heterocycles. The van der Waals surface area contributed by atoms with Crippen LogP contribution in [0.2, 0.25) is 0 Å². The van der Waals surface area contributed by atoms with E-state index < -0.39 is 12.1 Å². The highest BCUT2D eigenvalue weighted by atomic mass is 35.5. The molecule has 0 aliphatic carbocycles. The number of hydrogen-bond acceptors (Lipinski definition) is 3. The van der Waals surface area contributed by atoms with Crippen LogP contribution in [0.3, 0.4) is 0 Å². The van der Waals surface area contributed by atoms with Gasteiger partial charge in [0.25, 0.3) is 0 Å². The van der Waals surface area contributed by atoms with Crippen molar-refractivity contribution in [3.05, 3.63) is 0 Å². The van der Waals surface area contributed by atoms with Gasteiger partial charge in [0.05, 0.1) is 6.10 Å². The summed E-state index contributed by atoms with van der Waals surface area (Å²) in [6.07, 6.45) is 2.85. The zero-order valence-corrected chi connectivity index (χ0v) is 8.26. The van der Waals surface area contributed by atoms with Gasteiger partial charge in [0, 0.05) is 0 Å². The van der Waals surface area contributed by atoms with E-state index in [9.17, 15) is 4.79 Å². The fourth-order valence-corrected chi connectivity index (χ4v) is 1.45. The lowest BCUT2D eigenvalue weighted by molar-refractivity contribution is -0.149. The van der Waals surface area contributed by atoms with Crippen LogP contribution in [0.4, 0.5) is 0 Å². The highest BCUT2D eigenvalue weighted by molar-refractivity contribution is 5.85. The van der Waals surface area contributed by atoms with Gasteiger partial charge in [0.1, 0.15) is 0 Å². The molecule has 1 aliphatic heterocycles. The number of carbonyl (C=O) groups is 1. The number of hydrogen-bond donors (Lipinski definition) is 2. The quantitative estimate of drug-likeness (QED) is 0.718. The van der Waals surface area contributed by atoms with E-state index in [-0.39, 0.29) is 18.5 Å². The summed E-state index contributed by atoms with van der Waals surface area (Å²) in [5.41, 5.74) is 5.33. The van der Waals surface area contributed by atoms with Crippen molar-refractivity contribution >= 4 is 18.4 Å². The van der Waals surface area contributed by atoms with Crippen molar-refractivity contribution < 1.29 is 14.6 Å². The molecule has 0 aromatic carbocycles. The average molecular weight is 210 g/mol. The van der Waals surface area contributed by atoms with E-state index in [4.69, 9.17) is 15.6 Å². The summed E-state index contributed by atoms with van der Waals surface area (Å²) in [6.45, 7) is 0.650. The molecule has 1 fully saturated rings. The van der Waals surface area contributed by atoms with Crippen molar-refractivity contribution in [1.82, 2.24) is 0 Å². The maximum absolute atomic E-state index is 10.5. The third kappa shape index (κ3) is 3.93. The normalized spacial score (nSPS) is 26.8. The van der Waals surface area contributed by atoms with Gasteiger partial charge in [0.15, 0.2) is 6.10 Å². The van der Waals surface area contributed by atoms with Gasteiger partial charge >= 0.3 is 5.97 Å². The van der Waals surface area contributed by atoms with Gasteiger partial charge in [0.2, 0.25) is 0 Å². The van der Waals surface area contributed by atoms with Crippen LogP contribution >= 0.6 is 12.4 Å². The minimum absolute atomic E-state index is 0. The number of halogens is 1. The van der Waals surface area contributed by atoms with Crippen LogP contribution in [0.1, 0.15) is 25.7 Å². The van der Waals surface area contributed by atoms with E-state index in [2.05, 4.69) is 0 Å². The van der Waals surface area contributed by atoms with Crippen LogP contribution in [0.15, 0.2) is 0 Å². The zero-order valence-electron chi connectivity index (χ0n) is 7.44. The molecule has 5 heteroatoms. The fraction of sp³-hybridized carbons (Fsp3) is 0.875. The van der Waals surface area contributed by atoms with Crippen molar-refractivity contribution in [3.8, 4) is 0 Å². The van der Waals surface area contributed by atoms with Gasteiger partial charge in [-0.15, -0.1) is 12.4 Å². The molecule has 78 valence electrons. The minimum atomic E-state index is -0.842. The Hall–Kier alpha value is -0.320. The SMILES string of the molecule is Cl.NCCCC1CCC(C(=O)O)O1. The lowest BCUT2D eigenvalue weighted by Crippen LogP contribution is -2.20. The molecule has 13 heavy (non-hydrogen) atoms. The van der Waals surface area contributed by atoms with Gasteiger partial charge in [-0.25, -0.2) is 4.79 Å². The molecule has 1 rings (SSSR count). The molecule has 1 aliphatic rings. The van der Waals surface area contributed by atoms with Crippen molar-refractivity contribution in [1.29, 1.82) is 0 Å². The molecule has 2 unspecified atom stereocenters. The van der Waals surface area contributed by atoms with E-state index >= 15 is 0 Å². The van der Waals surface area contributed by atoms with E-state index in [1.54, 1.807) is 0 Å². The standard InChI is InChI=1S/C8H15NO3.ClH/c9-5-1-2-6-3-4-7(12-6)8(10)11;/h6-7H,1-5,9H2,(H,10,11);1H. The Labute approximate surface area is 83.9 Å². The number of rotatable bonds is 4. The smallest absolute Gasteiger partial charge is 0.332 e. The topological polar surface area (TPSA) is 72.6 Å². The second-order valence-corrected chi connectivity index (χ2v) is 3.09. The highest BCUT2D eigenvalue weighted by Crippen LogP contribution is 2.22. The monoisotopic (exact) mass is 209 g/mol. The number of aliphatic carboxylic acids is 1. The number of nitrogens with two attached hydrogens (primary N) is 1. The third-order valence-corrected chi connectivity index (χ3v) is 2.11. The average Bonchev–Trinajstić information content (AvgIpc) is 2.48. The Balaban J connectivity index is 0.00000144. The molecule has 0 aromatic rings. The first-order valence-corrected chi connectivity index (χ1v) is 4.32. The van der Waals surface area contributed by atoms with Crippen molar-refractivity contribution in [2.75, 3.05) is 6.54 Å². The second-order valence-electron chi connectivity index (χ2n) is 3.09. The molecule has 0 amide bonds. The van der Waals surface area contributed by atoms with Gasteiger partial charge < -0.3 is 15.6 Å². The predicted molar refractivity (Wildman–Crippen MR) is 51.1 cm³/mol. The van der Waals surface area contributed by atoms with Gasteiger partial charge in [-0.05, 0) is 32.2 Å². The molecule has 0 bridgehead atoms. The van der Waals surface area contributed by atoms with Crippen LogP contribution in [0.25, 0.3) is 0 Å². The maximum Gasteiger partial charge on any atom is 0.332 e. The molecule has 4 nitrogen and oxygen atoms in total. The largest absolute Gasteiger partial charge is 0.479 e. The first kappa shape index (κ1) is 12.7. The fourth-order valence-electron chi connectivity index (χ4n) is 1.45. The Morgan fingerprint density at radius 2 is 2.23 bits per heavy atom. The first-order chi connectivity index (χ1) is 5.74. The van der Waals surface area contributed by atoms with Crippen LogP contribution < -0.4 is 5.73 Å².